The predicted molar refractivity (Wildman–Crippen MR) is 54.0 cm³/mol. The van der Waals surface area contributed by atoms with E-state index in [0.717, 1.165) is 22.0 Å². The van der Waals surface area contributed by atoms with Gasteiger partial charge in [-0.2, -0.15) is 0 Å². The summed E-state index contributed by atoms with van der Waals surface area (Å²) in [4.78, 5) is 0. The van der Waals surface area contributed by atoms with Gasteiger partial charge in [0.2, 0.25) is 0 Å². The van der Waals surface area contributed by atoms with Gasteiger partial charge in [-0.15, -0.1) is 18.5 Å². The number of hydrogen-bond acceptors (Lipinski definition) is 2. The van der Waals surface area contributed by atoms with Gasteiger partial charge >= 0.3 is 0 Å². The van der Waals surface area contributed by atoms with E-state index in [1.165, 1.54) is 0 Å². The number of nitrogen functional groups attached to an aromatic ring is 2. The van der Waals surface area contributed by atoms with E-state index in [1.54, 1.807) is 0 Å². The average Bonchev–Trinajstić information content (AvgIpc) is 1.84. The molecule has 2 atom stereocenters. The molecule has 0 aliphatic heterocycles. The minimum Gasteiger partial charge on any atom is -0.398 e. The lowest BCUT2D eigenvalue weighted by molar-refractivity contribution is 1.77. The Morgan fingerprint density at radius 3 is 1.50 bits per heavy atom. The van der Waals surface area contributed by atoms with Crippen molar-refractivity contribution < 1.29 is 0 Å². The van der Waals surface area contributed by atoms with Crippen molar-refractivity contribution in [3.05, 3.63) is 12.1 Å². The second-order valence-corrected chi connectivity index (χ2v) is 3.35. The van der Waals surface area contributed by atoms with Crippen molar-refractivity contribution in [2.24, 2.45) is 0 Å². The Kier molecular flexibility index (Phi) is 2.13. The molecule has 0 saturated carbocycles. The summed E-state index contributed by atoms with van der Waals surface area (Å²) in [5.74, 6) is 0. The molecule has 1 rings (SSSR count). The molecule has 10 heavy (non-hydrogen) atoms. The fourth-order valence-electron chi connectivity index (χ4n) is 0.668. The van der Waals surface area contributed by atoms with Crippen LogP contribution in [0.2, 0.25) is 0 Å². The van der Waals surface area contributed by atoms with Crippen molar-refractivity contribution in [1.82, 2.24) is 0 Å². The van der Waals surface area contributed by atoms with Gasteiger partial charge in [-0.1, -0.05) is 0 Å². The quantitative estimate of drug-likeness (QED) is 0.422. The van der Waals surface area contributed by atoms with Crippen LogP contribution < -0.4 is 22.1 Å². The number of anilines is 2. The van der Waals surface area contributed by atoms with Gasteiger partial charge in [-0.25, -0.2) is 0 Å². The van der Waals surface area contributed by atoms with E-state index in [0.29, 0.717) is 0 Å². The topological polar surface area (TPSA) is 52.0 Å². The van der Waals surface area contributed by atoms with Crippen LogP contribution in [-0.4, -0.2) is 0 Å². The summed E-state index contributed by atoms with van der Waals surface area (Å²) in [6.45, 7) is 0. The Morgan fingerprint density at radius 2 is 1.20 bits per heavy atom. The van der Waals surface area contributed by atoms with Gasteiger partial charge in [0.25, 0.3) is 0 Å². The van der Waals surface area contributed by atoms with Crippen LogP contribution in [0.4, 0.5) is 11.4 Å². The van der Waals surface area contributed by atoms with E-state index in [-0.39, 0.29) is 0 Å². The summed E-state index contributed by atoms with van der Waals surface area (Å²) < 4.78 is 0. The van der Waals surface area contributed by atoms with Gasteiger partial charge in [0.15, 0.2) is 0 Å². The molecule has 0 aliphatic rings. The molecule has 0 heterocycles. The largest absolute Gasteiger partial charge is 0.398 e. The summed E-state index contributed by atoms with van der Waals surface area (Å²) in [6.07, 6.45) is 0. The molecule has 2 unspecified atom stereocenters. The van der Waals surface area contributed by atoms with Crippen LogP contribution in [0.5, 0.6) is 0 Å². The summed E-state index contributed by atoms with van der Waals surface area (Å²) >= 11 is 0. The van der Waals surface area contributed by atoms with Crippen molar-refractivity contribution in [2.75, 3.05) is 11.5 Å². The van der Waals surface area contributed by atoms with E-state index in [4.69, 9.17) is 11.5 Å². The van der Waals surface area contributed by atoms with Gasteiger partial charge in [0.05, 0.1) is 0 Å². The highest BCUT2D eigenvalue weighted by Gasteiger charge is 1.96. The molecular formula is C6H10N2P2. The maximum atomic E-state index is 5.60. The summed E-state index contributed by atoms with van der Waals surface area (Å²) in [6, 6.07) is 3.67. The number of hydrogen-bond donors (Lipinski definition) is 2. The fraction of sp³-hybridized carbons (Fsp3) is 0. The molecule has 0 spiro atoms. The number of rotatable bonds is 0. The summed E-state index contributed by atoms with van der Waals surface area (Å²) in [5.41, 5.74) is 12.7. The molecule has 4 heteroatoms. The van der Waals surface area contributed by atoms with E-state index in [9.17, 15) is 0 Å². The van der Waals surface area contributed by atoms with Crippen molar-refractivity contribution in [2.45, 2.75) is 0 Å². The highest BCUT2D eigenvalue weighted by atomic mass is 31.0. The third-order valence-corrected chi connectivity index (χ3v) is 2.29. The average molecular weight is 172 g/mol. The normalized spacial score (nSPS) is 9.80. The van der Waals surface area contributed by atoms with Crippen LogP contribution in [0.25, 0.3) is 0 Å². The number of benzene rings is 1. The lowest BCUT2D eigenvalue weighted by atomic mass is 10.3. The summed E-state index contributed by atoms with van der Waals surface area (Å²) in [7, 11) is 5.06. The fourth-order valence-corrected chi connectivity index (χ4v) is 1.19. The molecule has 0 bridgehead atoms. The molecule has 0 aromatic heterocycles. The lowest BCUT2D eigenvalue weighted by Crippen LogP contribution is -2.10. The molecule has 0 saturated heterocycles. The van der Waals surface area contributed by atoms with Crippen LogP contribution in [0.15, 0.2) is 12.1 Å². The van der Waals surface area contributed by atoms with Crippen LogP contribution in [0, 0.1) is 0 Å². The van der Waals surface area contributed by atoms with Gasteiger partial charge in [0, 0.05) is 11.4 Å². The van der Waals surface area contributed by atoms with Crippen molar-refractivity contribution in [3.63, 3.8) is 0 Å². The Hall–Kier alpha value is -0.320. The van der Waals surface area contributed by atoms with Crippen molar-refractivity contribution >= 4 is 40.5 Å². The van der Waals surface area contributed by atoms with Crippen molar-refractivity contribution in [3.8, 4) is 0 Å². The minimum atomic E-state index is 0.754. The van der Waals surface area contributed by atoms with Gasteiger partial charge < -0.3 is 11.5 Å². The van der Waals surface area contributed by atoms with Crippen LogP contribution in [0.1, 0.15) is 0 Å². The van der Waals surface area contributed by atoms with E-state index in [2.05, 4.69) is 18.5 Å². The Balaban J connectivity index is 3.28. The van der Waals surface area contributed by atoms with E-state index in [1.807, 2.05) is 12.1 Å². The Morgan fingerprint density at radius 1 is 0.900 bits per heavy atom. The van der Waals surface area contributed by atoms with E-state index < -0.39 is 0 Å². The molecule has 2 nitrogen and oxygen atoms in total. The zero-order valence-corrected chi connectivity index (χ0v) is 7.77. The lowest BCUT2D eigenvalue weighted by Gasteiger charge is -2.03. The highest BCUT2D eigenvalue weighted by molar-refractivity contribution is 7.29. The van der Waals surface area contributed by atoms with E-state index >= 15 is 0 Å². The summed E-state index contributed by atoms with van der Waals surface area (Å²) in [5, 5.41) is 1.90. The monoisotopic (exact) mass is 172 g/mol. The van der Waals surface area contributed by atoms with Crippen LogP contribution in [-0.2, 0) is 0 Å². The standard InChI is InChI=1S/C6H10N2P2/c7-3-1-5(9)4(8)2-6(3)10/h1-2H,7-10H2. The maximum Gasteiger partial charge on any atom is 0.0394 e. The van der Waals surface area contributed by atoms with Gasteiger partial charge in [0.1, 0.15) is 0 Å². The second-order valence-electron chi connectivity index (χ2n) is 2.11. The molecule has 54 valence electrons. The highest BCUT2D eigenvalue weighted by Crippen LogP contribution is 2.08. The number of nitrogens with two attached hydrogens (primary N) is 2. The zero-order valence-electron chi connectivity index (χ0n) is 5.46. The second kappa shape index (κ2) is 2.74. The smallest absolute Gasteiger partial charge is 0.0394 e. The first-order valence-corrected chi connectivity index (χ1v) is 3.96. The van der Waals surface area contributed by atoms with Crippen molar-refractivity contribution in [1.29, 1.82) is 0 Å². The minimum absolute atomic E-state index is 0.754. The first-order chi connectivity index (χ1) is 4.61. The van der Waals surface area contributed by atoms with Crippen LogP contribution >= 0.6 is 18.5 Å². The van der Waals surface area contributed by atoms with Gasteiger partial charge in [-0.05, 0) is 22.7 Å². The zero-order chi connectivity index (χ0) is 7.72. The molecule has 0 fully saturated rings. The first kappa shape index (κ1) is 7.78. The molecule has 1 aromatic carbocycles. The van der Waals surface area contributed by atoms with Crippen LogP contribution in [0.3, 0.4) is 0 Å². The third kappa shape index (κ3) is 1.39. The Bertz CT molecular complexity index is 210. The first-order valence-electron chi connectivity index (χ1n) is 2.81. The molecular weight excluding hydrogens is 162 g/mol. The maximum absolute atomic E-state index is 5.60. The molecule has 4 N–H and O–H groups in total. The molecule has 1 aromatic rings. The SMILES string of the molecule is Nc1cc(P)c(N)cc1P. The molecule has 0 amide bonds. The molecule has 0 aliphatic carbocycles. The predicted octanol–water partition coefficient (Wildman–Crippen LogP) is -0.148. The third-order valence-electron chi connectivity index (χ3n) is 1.29. The Labute approximate surface area is 64.8 Å². The molecule has 0 radical (unpaired) electrons. The van der Waals surface area contributed by atoms with Gasteiger partial charge in [-0.3, -0.25) is 0 Å².